The van der Waals surface area contributed by atoms with Gasteiger partial charge in [-0.15, -0.1) is 0 Å². The summed E-state index contributed by atoms with van der Waals surface area (Å²) < 4.78 is 0. The number of benzene rings is 3. The molecular formula is C27H23N5O5. The number of nitrogens with one attached hydrogen (secondary N) is 3. The summed E-state index contributed by atoms with van der Waals surface area (Å²) in [5.41, 5.74) is 5.61. The molecule has 0 saturated carbocycles. The molecule has 0 aromatic heterocycles. The van der Waals surface area contributed by atoms with Gasteiger partial charge in [0.1, 0.15) is 0 Å². The summed E-state index contributed by atoms with van der Waals surface area (Å²) in [6, 6.07) is 19.1. The molecule has 0 spiro atoms. The molecule has 1 atom stereocenters. The summed E-state index contributed by atoms with van der Waals surface area (Å²) in [5.74, 6) is -3.91. The predicted molar refractivity (Wildman–Crippen MR) is 137 cm³/mol. The first-order valence-electron chi connectivity index (χ1n) is 11.3. The normalized spacial score (nSPS) is 15.5. The third-order valence-electron chi connectivity index (χ3n) is 5.54. The van der Waals surface area contributed by atoms with Crippen LogP contribution in [0.25, 0.3) is 0 Å². The fourth-order valence-corrected chi connectivity index (χ4v) is 3.66. The van der Waals surface area contributed by atoms with Crippen LogP contribution in [0.2, 0.25) is 0 Å². The Morgan fingerprint density at radius 3 is 2.22 bits per heavy atom. The van der Waals surface area contributed by atoms with Crippen molar-refractivity contribution >= 4 is 47.2 Å². The molecule has 6 amide bonds. The minimum absolute atomic E-state index is 0.238. The molecule has 1 aliphatic rings. The zero-order valence-electron chi connectivity index (χ0n) is 20.0. The molecule has 0 radical (unpaired) electrons. The molecule has 0 aliphatic carbocycles. The highest BCUT2D eigenvalue weighted by molar-refractivity contribution is 6.32. The van der Waals surface area contributed by atoms with Gasteiger partial charge in [-0.25, -0.2) is 15.1 Å². The van der Waals surface area contributed by atoms with Gasteiger partial charge in [0.15, 0.2) is 5.92 Å². The van der Waals surface area contributed by atoms with Gasteiger partial charge in [-0.3, -0.25) is 24.5 Å². The molecule has 1 saturated heterocycles. The number of barbiturate groups is 1. The van der Waals surface area contributed by atoms with Gasteiger partial charge in [-0.1, -0.05) is 29.8 Å². The summed E-state index contributed by atoms with van der Waals surface area (Å²) in [6.07, 6.45) is 0.973. The monoisotopic (exact) mass is 497 g/mol. The van der Waals surface area contributed by atoms with Gasteiger partial charge in [0, 0.05) is 23.0 Å². The summed E-state index contributed by atoms with van der Waals surface area (Å²) in [6.45, 7) is 3.70. The Hall–Kier alpha value is -5.12. The van der Waals surface area contributed by atoms with E-state index >= 15 is 0 Å². The molecule has 4 rings (SSSR count). The Morgan fingerprint density at radius 2 is 1.54 bits per heavy atom. The van der Waals surface area contributed by atoms with Crippen molar-refractivity contribution in [3.63, 3.8) is 0 Å². The predicted octanol–water partition coefficient (Wildman–Crippen LogP) is 3.17. The summed E-state index contributed by atoms with van der Waals surface area (Å²) in [5, 5.41) is 8.63. The van der Waals surface area contributed by atoms with Gasteiger partial charge >= 0.3 is 6.03 Å². The Kier molecular flexibility index (Phi) is 7.19. The van der Waals surface area contributed by atoms with E-state index in [9.17, 15) is 24.0 Å². The number of anilines is 2. The lowest BCUT2D eigenvalue weighted by Crippen LogP contribution is -2.58. The number of nitrogens with zero attached hydrogens (tertiary/aromatic N) is 2. The van der Waals surface area contributed by atoms with Gasteiger partial charge in [-0.2, -0.15) is 5.10 Å². The summed E-state index contributed by atoms with van der Waals surface area (Å²) in [4.78, 5) is 63.1. The van der Waals surface area contributed by atoms with Crippen molar-refractivity contribution in [1.82, 2.24) is 10.7 Å². The minimum Gasteiger partial charge on any atom is -0.322 e. The lowest BCUT2D eigenvalue weighted by atomic mass is 10.1. The van der Waals surface area contributed by atoms with Crippen LogP contribution in [0.3, 0.4) is 0 Å². The second kappa shape index (κ2) is 10.6. The number of hydrogen-bond acceptors (Lipinski definition) is 6. The van der Waals surface area contributed by atoms with Crippen molar-refractivity contribution < 1.29 is 24.0 Å². The van der Waals surface area contributed by atoms with E-state index in [1.54, 1.807) is 61.5 Å². The number of aryl methyl sites for hydroxylation is 2. The van der Waals surface area contributed by atoms with Gasteiger partial charge in [0.2, 0.25) is 5.91 Å². The lowest BCUT2D eigenvalue weighted by molar-refractivity contribution is -0.131. The first-order valence-corrected chi connectivity index (χ1v) is 11.3. The fraction of sp³-hybridized carbons (Fsp3) is 0.111. The van der Waals surface area contributed by atoms with Gasteiger partial charge in [0.25, 0.3) is 17.7 Å². The molecule has 1 heterocycles. The maximum Gasteiger partial charge on any atom is 0.335 e. The smallest absolute Gasteiger partial charge is 0.322 e. The number of carbonyl (C=O) groups excluding carboxylic acids is 5. The molecule has 0 bridgehead atoms. The summed E-state index contributed by atoms with van der Waals surface area (Å²) in [7, 11) is 0. The van der Waals surface area contributed by atoms with E-state index in [0.29, 0.717) is 16.9 Å². The second-order valence-corrected chi connectivity index (χ2v) is 8.40. The number of hydrogen-bond donors (Lipinski definition) is 3. The molecule has 186 valence electrons. The van der Waals surface area contributed by atoms with Crippen LogP contribution in [-0.4, -0.2) is 35.9 Å². The standard InChI is InChI=1S/C27H23N5O5/c1-16-5-3-7-19(13-16)23(33)29-20-11-9-18(10-12-20)24(34)31-28-15-22-25(35)30-27(37)32(26(22)36)21-8-4-6-17(2)14-21/h3-15,22H,1-2H3,(H,29,33)(H,31,34)(H,30,35,37)/b28-15-/t22-/m1/s1. The van der Waals surface area contributed by atoms with E-state index in [0.717, 1.165) is 22.2 Å². The van der Waals surface area contributed by atoms with Crippen LogP contribution in [0.4, 0.5) is 16.2 Å². The molecule has 3 aromatic rings. The van der Waals surface area contributed by atoms with Crippen LogP contribution in [0.1, 0.15) is 31.8 Å². The molecule has 37 heavy (non-hydrogen) atoms. The maximum absolute atomic E-state index is 12.9. The van der Waals surface area contributed by atoms with Crippen LogP contribution in [0.15, 0.2) is 77.9 Å². The Morgan fingerprint density at radius 1 is 0.865 bits per heavy atom. The number of carbonyl (C=O) groups is 5. The molecule has 1 aliphatic heterocycles. The minimum atomic E-state index is -1.40. The highest BCUT2D eigenvalue weighted by Crippen LogP contribution is 2.21. The quantitative estimate of drug-likeness (QED) is 0.273. The van der Waals surface area contributed by atoms with E-state index in [2.05, 4.69) is 21.2 Å². The molecule has 3 aromatic carbocycles. The van der Waals surface area contributed by atoms with E-state index < -0.39 is 29.7 Å². The van der Waals surface area contributed by atoms with Crippen molar-refractivity contribution in [2.45, 2.75) is 13.8 Å². The van der Waals surface area contributed by atoms with E-state index in [-0.39, 0.29) is 11.5 Å². The van der Waals surface area contributed by atoms with Gasteiger partial charge < -0.3 is 5.32 Å². The maximum atomic E-state index is 12.9. The molecule has 10 heteroatoms. The third kappa shape index (κ3) is 5.76. The molecule has 1 fully saturated rings. The van der Waals surface area contributed by atoms with E-state index in [1.165, 1.54) is 12.1 Å². The SMILES string of the molecule is Cc1cccc(C(=O)Nc2ccc(C(=O)N/N=C\[C@@H]3C(=O)NC(=O)N(c4cccc(C)c4)C3=O)cc2)c1. The second-order valence-electron chi connectivity index (χ2n) is 8.40. The van der Waals surface area contributed by atoms with Crippen LogP contribution >= 0.6 is 0 Å². The van der Waals surface area contributed by atoms with Crippen LogP contribution in [-0.2, 0) is 9.59 Å². The summed E-state index contributed by atoms with van der Waals surface area (Å²) >= 11 is 0. The number of hydrazone groups is 1. The van der Waals surface area contributed by atoms with E-state index in [4.69, 9.17) is 0 Å². The number of imide groups is 2. The molecular weight excluding hydrogens is 474 g/mol. The van der Waals surface area contributed by atoms with Crippen molar-refractivity contribution in [1.29, 1.82) is 0 Å². The fourth-order valence-electron chi connectivity index (χ4n) is 3.66. The van der Waals surface area contributed by atoms with Crippen molar-refractivity contribution in [3.05, 3.63) is 95.1 Å². The van der Waals surface area contributed by atoms with Gasteiger partial charge in [-0.05, 0) is 67.9 Å². The van der Waals surface area contributed by atoms with Crippen LogP contribution < -0.4 is 21.0 Å². The van der Waals surface area contributed by atoms with Crippen molar-refractivity contribution in [2.24, 2.45) is 11.0 Å². The van der Waals surface area contributed by atoms with Crippen molar-refractivity contribution in [2.75, 3.05) is 10.2 Å². The topological polar surface area (TPSA) is 137 Å². The largest absolute Gasteiger partial charge is 0.335 e. The zero-order chi connectivity index (χ0) is 26.5. The lowest BCUT2D eigenvalue weighted by Gasteiger charge is -2.28. The first kappa shape index (κ1) is 25.0. The molecule has 0 unspecified atom stereocenters. The highest BCUT2D eigenvalue weighted by Gasteiger charge is 2.40. The Balaban J connectivity index is 1.38. The Bertz CT molecular complexity index is 1430. The molecule has 10 nitrogen and oxygen atoms in total. The zero-order valence-corrected chi connectivity index (χ0v) is 20.0. The number of rotatable bonds is 6. The first-order chi connectivity index (χ1) is 17.7. The number of urea groups is 1. The van der Waals surface area contributed by atoms with Crippen LogP contribution in [0.5, 0.6) is 0 Å². The average Bonchev–Trinajstić information content (AvgIpc) is 2.86. The van der Waals surface area contributed by atoms with Crippen LogP contribution in [0, 0.1) is 19.8 Å². The third-order valence-corrected chi connectivity index (χ3v) is 5.54. The number of amides is 6. The van der Waals surface area contributed by atoms with Gasteiger partial charge in [0.05, 0.1) is 5.69 Å². The highest BCUT2D eigenvalue weighted by atomic mass is 16.2. The molecule has 3 N–H and O–H groups in total. The Labute approximate surface area is 212 Å². The van der Waals surface area contributed by atoms with E-state index in [1.807, 2.05) is 13.0 Å². The van der Waals surface area contributed by atoms with Crippen molar-refractivity contribution in [3.8, 4) is 0 Å². The average molecular weight is 498 g/mol.